The summed E-state index contributed by atoms with van der Waals surface area (Å²) in [4.78, 5) is 31.6. The van der Waals surface area contributed by atoms with Gasteiger partial charge < -0.3 is 9.72 Å². The van der Waals surface area contributed by atoms with E-state index < -0.39 is 0 Å². The number of hydrogen-bond acceptors (Lipinski definition) is 4. The molecule has 0 bridgehead atoms. The number of fused-ring (bicyclic) bond motifs is 3. The molecule has 0 unspecified atom stereocenters. The van der Waals surface area contributed by atoms with E-state index >= 15 is 0 Å². The molecule has 0 saturated heterocycles. The van der Waals surface area contributed by atoms with Gasteiger partial charge in [-0.2, -0.15) is 0 Å². The van der Waals surface area contributed by atoms with Crippen LogP contribution in [0, 0.1) is 0 Å². The second-order valence-corrected chi connectivity index (χ2v) is 6.99. The molecule has 1 aliphatic carbocycles. The van der Waals surface area contributed by atoms with E-state index in [0.29, 0.717) is 18.0 Å². The first-order valence-electron chi connectivity index (χ1n) is 9.55. The summed E-state index contributed by atoms with van der Waals surface area (Å²) in [5, 5.41) is 0. The Hall–Kier alpha value is -2.89. The number of esters is 1. The summed E-state index contributed by atoms with van der Waals surface area (Å²) in [5.74, 6) is 1.00. The van der Waals surface area contributed by atoms with E-state index in [2.05, 4.69) is 9.97 Å². The summed E-state index contributed by atoms with van der Waals surface area (Å²) in [6.07, 6.45) is 10.7. The molecule has 6 nitrogen and oxygen atoms in total. The minimum atomic E-state index is -0.379. The van der Waals surface area contributed by atoms with Crippen LogP contribution >= 0.6 is 0 Å². The molecule has 3 aromatic rings. The van der Waals surface area contributed by atoms with E-state index in [-0.39, 0.29) is 11.5 Å². The lowest BCUT2D eigenvalue weighted by molar-refractivity contribution is -0.137. The first-order valence-corrected chi connectivity index (χ1v) is 9.55. The molecule has 1 aliphatic rings. The van der Waals surface area contributed by atoms with Gasteiger partial charge in [-0.1, -0.05) is 25.3 Å². The van der Waals surface area contributed by atoms with Crippen molar-refractivity contribution in [3.8, 4) is 0 Å². The molecule has 0 spiro atoms. The number of nitrogens with one attached hydrogen (secondary N) is 1. The van der Waals surface area contributed by atoms with E-state index in [1.54, 1.807) is 19.2 Å². The van der Waals surface area contributed by atoms with Crippen LogP contribution in [0.15, 0.2) is 35.3 Å². The molecule has 2 heterocycles. The Labute approximate surface area is 156 Å². The molecule has 2 aromatic heterocycles. The van der Waals surface area contributed by atoms with Crippen molar-refractivity contribution in [2.45, 2.75) is 44.9 Å². The van der Waals surface area contributed by atoms with Crippen molar-refractivity contribution in [3.63, 3.8) is 0 Å². The number of carbonyl (C=O) groups excluding carboxylic acids is 1. The molecule has 140 valence electrons. The van der Waals surface area contributed by atoms with Crippen molar-refractivity contribution in [2.24, 2.45) is 0 Å². The van der Waals surface area contributed by atoms with Crippen molar-refractivity contribution < 1.29 is 9.53 Å². The Kier molecular flexibility index (Phi) is 4.79. The Morgan fingerprint density at radius 2 is 2.11 bits per heavy atom. The molecule has 0 amide bonds. The first kappa shape index (κ1) is 17.5. The number of nitrogens with zero attached hydrogens (tertiary/aromatic N) is 2. The van der Waals surface area contributed by atoms with Gasteiger partial charge in [-0.25, -0.2) is 9.78 Å². The Morgan fingerprint density at radius 1 is 1.30 bits per heavy atom. The molecule has 1 saturated carbocycles. The summed E-state index contributed by atoms with van der Waals surface area (Å²) in [7, 11) is 0. The monoisotopic (exact) mass is 365 g/mol. The van der Waals surface area contributed by atoms with Gasteiger partial charge in [-0.15, -0.1) is 0 Å². The standard InChI is InChI=1S/C21H23N3O3/c1-2-27-19(25)11-9-14-8-10-17-16(12-14)23-21(26)18-13-22-20(24(17)18)15-6-4-3-5-7-15/h8-13,15H,2-7H2,1H3,(H,23,26)/b11-9+. The average Bonchev–Trinajstić information content (AvgIpc) is 3.13. The second kappa shape index (κ2) is 7.39. The van der Waals surface area contributed by atoms with Crippen LogP contribution in [0.5, 0.6) is 0 Å². The first-order chi connectivity index (χ1) is 13.2. The van der Waals surface area contributed by atoms with Crippen LogP contribution in [0.25, 0.3) is 22.6 Å². The molecule has 27 heavy (non-hydrogen) atoms. The van der Waals surface area contributed by atoms with E-state index in [1.807, 2.05) is 22.6 Å². The van der Waals surface area contributed by atoms with E-state index in [9.17, 15) is 9.59 Å². The number of aromatic nitrogens is 3. The van der Waals surface area contributed by atoms with Crippen molar-refractivity contribution in [1.29, 1.82) is 0 Å². The molecule has 4 rings (SSSR count). The lowest BCUT2D eigenvalue weighted by atomic mass is 9.89. The molecule has 1 N–H and O–H groups in total. The van der Waals surface area contributed by atoms with Crippen molar-refractivity contribution >= 4 is 28.6 Å². The van der Waals surface area contributed by atoms with Crippen molar-refractivity contribution in [3.05, 3.63) is 52.2 Å². The Morgan fingerprint density at radius 3 is 2.89 bits per heavy atom. The van der Waals surface area contributed by atoms with Gasteiger partial charge in [0, 0.05) is 12.0 Å². The third-order valence-corrected chi connectivity index (χ3v) is 5.20. The molecule has 1 fully saturated rings. The van der Waals surface area contributed by atoms with E-state index in [1.165, 1.54) is 25.3 Å². The summed E-state index contributed by atoms with van der Waals surface area (Å²) in [6, 6.07) is 5.77. The van der Waals surface area contributed by atoms with Crippen molar-refractivity contribution in [1.82, 2.24) is 14.4 Å². The maximum atomic E-state index is 12.5. The van der Waals surface area contributed by atoms with Gasteiger partial charge in [0.05, 0.1) is 23.8 Å². The van der Waals surface area contributed by atoms with Gasteiger partial charge in [-0.3, -0.25) is 9.20 Å². The number of imidazole rings is 1. The second-order valence-electron chi connectivity index (χ2n) is 6.99. The molecule has 6 heteroatoms. The molecule has 0 aliphatic heterocycles. The van der Waals surface area contributed by atoms with E-state index in [4.69, 9.17) is 4.74 Å². The summed E-state index contributed by atoms with van der Waals surface area (Å²) in [6.45, 7) is 2.11. The normalized spacial score (nSPS) is 15.7. The number of aromatic amines is 1. The predicted octanol–water partition coefficient (Wildman–Crippen LogP) is 3.80. The number of hydrogen-bond donors (Lipinski definition) is 1. The van der Waals surface area contributed by atoms with Gasteiger partial charge in [0.2, 0.25) is 0 Å². The molecule has 0 atom stereocenters. The number of carbonyl (C=O) groups is 1. The minimum absolute atomic E-state index is 0.149. The molecule has 0 radical (unpaired) electrons. The van der Waals surface area contributed by atoms with Crippen LogP contribution in [0.3, 0.4) is 0 Å². The van der Waals surface area contributed by atoms with E-state index in [0.717, 1.165) is 35.3 Å². The zero-order valence-electron chi connectivity index (χ0n) is 15.4. The zero-order valence-corrected chi connectivity index (χ0v) is 15.4. The van der Waals surface area contributed by atoms with Gasteiger partial charge in [0.15, 0.2) is 0 Å². The van der Waals surface area contributed by atoms with Crippen LogP contribution < -0.4 is 5.56 Å². The highest BCUT2D eigenvalue weighted by molar-refractivity contribution is 5.88. The lowest BCUT2D eigenvalue weighted by Crippen LogP contribution is -2.14. The number of rotatable bonds is 4. The molecule has 1 aromatic carbocycles. The zero-order chi connectivity index (χ0) is 18.8. The Bertz CT molecular complexity index is 1070. The lowest BCUT2D eigenvalue weighted by Gasteiger charge is -2.21. The third-order valence-electron chi connectivity index (χ3n) is 5.20. The maximum Gasteiger partial charge on any atom is 0.330 e. The highest BCUT2D eigenvalue weighted by atomic mass is 16.5. The predicted molar refractivity (Wildman–Crippen MR) is 105 cm³/mol. The van der Waals surface area contributed by atoms with Gasteiger partial charge >= 0.3 is 5.97 Å². The van der Waals surface area contributed by atoms with Crippen LogP contribution in [-0.2, 0) is 9.53 Å². The fraction of sp³-hybridized carbons (Fsp3) is 0.381. The fourth-order valence-corrected chi connectivity index (χ4v) is 3.92. The SMILES string of the molecule is CCOC(=O)/C=C/c1ccc2c(c1)[nH]c(=O)c1cnc(C3CCCCC3)n12. The van der Waals surface area contributed by atoms with Crippen LogP contribution in [-0.4, -0.2) is 26.9 Å². The molecular formula is C21H23N3O3. The van der Waals surface area contributed by atoms with Crippen LogP contribution in [0.4, 0.5) is 0 Å². The van der Waals surface area contributed by atoms with Gasteiger partial charge in [0.25, 0.3) is 5.56 Å². The topological polar surface area (TPSA) is 76.5 Å². The smallest absolute Gasteiger partial charge is 0.330 e. The maximum absolute atomic E-state index is 12.5. The van der Waals surface area contributed by atoms with Gasteiger partial charge in [0.1, 0.15) is 11.3 Å². The average molecular weight is 365 g/mol. The van der Waals surface area contributed by atoms with Crippen molar-refractivity contribution in [2.75, 3.05) is 6.61 Å². The largest absolute Gasteiger partial charge is 0.463 e. The third kappa shape index (κ3) is 3.39. The Balaban J connectivity index is 1.80. The molecular weight excluding hydrogens is 342 g/mol. The van der Waals surface area contributed by atoms with Crippen LogP contribution in [0.1, 0.15) is 56.3 Å². The van der Waals surface area contributed by atoms with Gasteiger partial charge in [-0.05, 0) is 43.5 Å². The highest BCUT2D eigenvalue weighted by Gasteiger charge is 2.21. The quantitative estimate of drug-likeness (QED) is 0.564. The number of H-pyrrole nitrogens is 1. The number of ether oxygens (including phenoxy) is 1. The highest BCUT2D eigenvalue weighted by Crippen LogP contribution is 2.32. The van der Waals surface area contributed by atoms with Crippen LogP contribution in [0.2, 0.25) is 0 Å². The summed E-state index contributed by atoms with van der Waals surface area (Å²) >= 11 is 0. The number of benzene rings is 1. The summed E-state index contributed by atoms with van der Waals surface area (Å²) < 4.78 is 6.91. The minimum Gasteiger partial charge on any atom is -0.463 e. The fourth-order valence-electron chi connectivity index (χ4n) is 3.92. The summed E-state index contributed by atoms with van der Waals surface area (Å²) in [5.41, 5.74) is 2.91.